The molecule has 1 aromatic heterocycles. The lowest BCUT2D eigenvalue weighted by Crippen LogP contribution is -2.42. The number of aliphatic imine (C=N–C) groups is 1. The smallest absolute Gasteiger partial charge is 0.191 e. The van der Waals surface area contributed by atoms with E-state index in [4.69, 9.17) is 9.73 Å². The van der Waals surface area contributed by atoms with E-state index in [-0.39, 0.29) is 6.10 Å². The van der Waals surface area contributed by atoms with Gasteiger partial charge in [-0.05, 0) is 44.9 Å². The first-order valence-electron chi connectivity index (χ1n) is 10.5. The highest BCUT2D eigenvalue weighted by Crippen LogP contribution is 2.17. The lowest BCUT2D eigenvalue weighted by Gasteiger charge is -2.32. The molecule has 2 heterocycles. The Bertz CT molecular complexity index is 577. The minimum absolute atomic E-state index is 0.251. The molecule has 2 atom stereocenters. The molecule has 2 rings (SSSR count). The Kier molecular flexibility index (Phi) is 9.39. The zero-order valence-electron chi connectivity index (χ0n) is 17.5. The van der Waals surface area contributed by atoms with Gasteiger partial charge in [-0.2, -0.15) is 0 Å². The molecule has 0 amide bonds. The van der Waals surface area contributed by atoms with E-state index in [0.29, 0.717) is 12.6 Å². The molecule has 0 aliphatic carbocycles. The SMILES string of the molecule is CCCCCC(C)NC(=NCc1ccnc(N2CCOC(C)C2)c1)NCC. The molecule has 6 nitrogen and oxygen atoms in total. The largest absolute Gasteiger partial charge is 0.375 e. The maximum Gasteiger partial charge on any atom is 0.191 e. The van der Waals surface area contributed by atoms with Gasteiger partial charge in [-0.3, -0.25) is 0 Å². The lowest BCUT2D eigenvalue weighted by molar-refractivity contribution is 0.0529. The van der Waals surface area contributed by atoms with Crippen LogP contribution in [0.25, 0.3) is 0 Å². The Morgan fingerprint density at radius 2 is 2.26 bits per heavy atom. The molecule has 1 aliphatic rings. The first-order chi connectivity index (χ1) is 13.1. The molecule has 0 radical (unpaired) electrons. The van der Waals surface area contributed by atoms with E-state index in [0.717, 1.165) is 38.0 Å². The van der Waals surface area contributed by atoms with Crippen molar-refractivity contribution in [3.63, 3.8) is 0 Å². The normalized spacial score (nSPS) is 19.0. The molecule has 6 heteroatoms. The van der Waals surface area contributed by atoms with Crippen LogP contribution in [-0.4, -0.2) is 49.3 Å². The van der Waals surface area contributed by atoms with E-state index in [1.165, 1.54) is 31.2 Å². The molecule has 0 aromatic carbocycles. The molecular weight excluding hydrogens is 338 g/mol. The Balaban J connectivity index is 1.95. The minimum Gasteiger partial charge on any atom is -0.375 e. The summed E-state index contributed by atoms with van der Waals surface area (Å²) >= 11 is 0. The van der Waals surface area contributed by atoms with Crippen LogP contribution < -0.4 is 15.5 Å². The molecule has 1 aliphatic heterocycles. The number of nitrogens with one attached hydrogen (secondary N) is 2. The maximum absolute atomic E-state index is 5.63. The van der Waals surface area contributed by atoms with Crippen LogP contribution in [0, 0.1) is 0 Å². The van der Waals surface area contributed by atoms with Crippen molar-refractivity contribution in [2.24, 2.45) is 4.99 Å². The molecule has 0 spiro atoms. The average Bonchev–Trinajstić information content (AvgIpc) is 2.67. The average molecular weight is 376 g/mol. The number of rotatable bonds is 9. The molecule has 1 fully saturated rings. The highest BCUT2D eigenvalue weighted by atomic mass is 16.5. The predicted octanol–water partition coefficient (Wildman–Crippen LogP) is 3.33. The number of aromatic nitrogens is 1. The van der Waals surface area contributed by atoms with Crippen LogP contribution in [0.5, 0.6) is 0 Å². The summed E-state index contributed by atoms with van der Waals surface area (Å²) < 4.78 is 5.63. The maximum atomic E-state index is 5.63. The molecule has 27 heavy (non-hydrogen) atoms. The number of nitrogens with zero attached hydrogens (tertiary/aromatic N) is 3. The fraction of sp³-hybridized carbons (Fsp3) is 0.714. The monoisotopic (exact) mass is 375 g/mol. The van der Waals surface area contributed by atoms with Gasteiger partial charge < -0.3 is 20.3 Å². The van der Waals surface area contributed by atoms with Crippen LogP contribution in [-0.2, 0) is 11.3 Å². The molecule has 152 valence electrons. The van der Waals surface area contributed by atoms with Crippen molar-refractivity contribution in [1.29, 1.82) is 0 Å². The predicted molar refractivity (Wildman–Crippen MR) is 113 cm³/mol. The first kappa shape index (κ1) is 21.5. The Hall–Kier alpha value is -1.82. The van der Waals surface area contributed by atoms with Crippen molar-refractivity contribution >= 4 is 11.8 Å². The van der Waals surface area contributed by atoms with E-state index in [2.05, 4.69) is 54.3 Å². The molecule has 0 saturated carbocycles. The molecule has 2 N–H and O–H groups in total. The van der Waals surface area contributed by atoms with E-state index in [1.807, 2.05) is 12.3 Å². The highest BCUT2D eigenvalue weighted by Gasteiger charge is 2.18. The third kappa shape index (κ3) is 7.75. The number of unbranched alkanes of at least 4 members (excludes halogenated alkanes) is 2. The van der Waals surface area contributed by atoms with Crippen LogP contribution in [0.15, 0.2) is 23.3 Å². The van der Waals surface area contributed by atoms with Crippen molar-refractivity contribution in [2.75, 3.05) is 31.1 Å². The summed E-state index contributed by atoms with van der Waals surface area (Å²) in [6.07, 6.45) is 7.12. The molecule has 2 unspecified atom stereocenters. The van der Waals surface area contributed by atoms with E-state index < -0.39 is 0 Å². The number of morpholine rings is 1. The van der Waals surface area contributed by atoms with Crippen LogP contribution in [0.4, 0.5) is 5.82 Å². The van der Waals surface area contributed by atoms with Crippen LogP contribution in [0.3, 0.4) is 0 Å². The van der Waals surface area contributed by atoms with Gasteiger partial charge in [0, 0.05) is 31.9 Å². The topological polar surface area (TPSA) is 61.8 Å². The number of ether oxygens (including phenoxy) is 1. The Morgan fingerprint density at radius 3 is 3.00 bits per heavy atom. The summed E-state index contributed by atoms with van der Waals surface area (Å²) in [7, 11) is 0. The van der Waals surface area contributed by atoms with E-state index >= 15 is 0 Å². The van der Waals surface area contributed by atoms with E-state index in [1.54, 1.807) is 0 Å². The van der Waals surface area contributed by atoms with Gasteiger partial charge in [0.1, 0.15) is 5.82 Å². The van der Waals surface area contributed by atoms with Crippen molar-refractivity contribution < 1.29 is 4.74 Å². The zero-order valence-corrected chi connectivity index (χ0v) is 17.5. The molecule has 1 aromatic rings. The summed E-state index contributed by atoms with van der Waals surface area (Å²) in [5.74, 6) is 1.91. The van der Waals surface area contributed by atoms with Gasteiger partial charge in [0.25, 0.3) is 0 Å². The summed E-state index contributed by atoms with van der Waals surface area (Å²) in [6.45, 7) is 12.7. The zero-order chi connectivity index (χ0) is 19.5. The van der Waals surface area contributed by atoms with Gasteiger partial charge >= 0.3 is 0 Å². The fourth-order valence-corrected chi connectivity index (χ4v) is 3.25. The number of pyridine rings is 1. The third-order valence-electron chi connectivity index (χ3n) is 4.76. The second-order valence-electron chi connectivity index (χ2n) is 7.39. The number of hydrogen-bond acceptors (Lipinski definition) is 4. The second-order valence-corrected chi connectivity index (χ2v) is 7.39. The van der Waals surface area contributed by atoms with Crippen LogP contribution in [0.1, 0.15) is 58.9 Å². The van der Waals surface area contributed by atoms with Gasteiger partial charge in [-0.1, -0.05) is 26.2 Å². The van der Waals surface area contributed by atoms with Crippen molar-refractivity contribution in [3.05, 3.63) is 23.9 Å². The summed E-state index contributed by atoms with van der Waals surface area (Å²) in [5, 5.41) is 6.88. The van der Waals surface area contributed by atoms with Crippen molar-refractivity contribution in [3.8, 4) is 0 Å². The van der Waals surface area contributed by atoms with Gasteiger partial charge in [-0.15, -0.1) is 0 Å². The number of hydrogen-bond donors (Lipinski definition) is 2. The first-order valence-corrected chi connectivity index (χ1v) is 10.5. The van der Waals surface area contributed by atoms with Crippen LogP contribution >= 0.6 is 0 Å². The number of guanidine groups is 1. The summed E-state index contributed by atoms with van der Waals surface area (Å²) in [4.78, 5) is 11.6. The van der Waals surface area contributed by atoms with Gasteiger partial charge in [-0.25, -0.2) is 9.98 Å². The Morgan fingerprint density at radius 1 is 1.41 bits per heavy atom. The van der Waals surface area contributed by atoms with Crippen molar-refractivity contribution in [1.82, 2.24) is 15.6 Å². The number of anilines is 1. The van der Waals surface area contributed by atoms with Gasteiger partial charge in [0.2, 0.25) is 0 Å². The Labute approximate surface area is 164 Å². The minimum atomic E-state index is 0.251. The van der Waals surface area contributed by atoms with Crippen LogP contribution in [0.2, 0.25) is 0 Å². The third-order valence-corrected chi connectivity index (χ3v) is 4.76. The summed E-state index contributed by atoms with van der Waals surface area (Å²) in [5.41, 5.74) is 1.18. The molecular formula is C21H37N5O. The van der Waals surface area contributed by atoms with Gasteiger partial charge in [0.15, 0.2) is 5.96 Å². The molecule has 1 saturated heterocycles. The van der Waals surface area contributed by atoms with E-state index in [9.17, 15) is 0 Å². The quantitative estimate of drug-likeness (QED) is 0.394. The fourth-order valence-electron chi connectivity index (χ4n) is 3.25. The summed E-state index contributed by atoms with van der Waals surface area (Å²) in [6, 6.07) is 4.62. The standard InChI is InChI=1S/C21H37N5O/c1-5-7-8-9-17(3)25-21(22-6-2)24-15-19-10-11-23-20(14-19)26-12-13-27-18(4)16-26/h10-11,14,17-18H,5-9,12-13,15-16H2,1-4H3,(H2,22,24,25). The lowest BCUT2D eigenvalue weighted by atomic mass is 10.1. The van der Waals surface area contributed by atoms with Crippen molar-refractivity contribution in [2.45, 2.75) is 72.1 Å². The van der Waals surface area contributed by atoms with Gasteiger partial charge in [0.05, 0.1) is 19.3 Å². The molecule has 0 bridgehead atoms. The highest BCUT2D eigenvalue weighted by molar-refractivity contribution is 5.80. The second kappa shape index (κ2) is 11.8.